The zero-order valence-corrected chi connectivity index (χ0v) is 56.0. The molecule has 0 atom stereocenters. The fourth-order valence-electron chi connectivity index (χ4n) is 9.59. The Hall–Kier alpha value is -5.01. The summed E-state index contributed by atoms with van der Waals surface area (Å²) in [5.74, 6) is 15.8. The molecule has 4 aromatic carbocycles. The van der Waals surface area contributed by atoms with E-state index in [1.807, 2.05) is 22.7 Å². The quantitative estimate of drug-likeness (QED) is 0.112. The molecule has 5 heterocycles. The molecule has 9 rings (SSSR count). The molecule has 8 bridgehead atoms. The number of rotatable bonds is 0. The van der Waals surface area contributed by atoms with Gasteiger partial charge < -0.3 is 0 Å². The van der Waals surface area contributed by atoms with Crippen molar-refractivity contribution in [1.82, 2.24) is 9.97 Å². The number of hydrogen-bond donors (Lipinski definition) is 0. The maximum atomic E-state index is 6.00. The minimum Gasteiger partial charge on any atom is -0.246 e. The third-order valence-electron chi connectivity index (χ3n) is 14.0. The Bertz CT molecular complexity index is 3710. The highest BCUT2D eigenvalue weighted by molar-refractivity contribution is 7.26. The molecular formula is C68H80N2S2Si4. The van der Waals surface area contributed by atoms with Gasteiger partial charge in [0.05, 0.1) is 63.1 Å². The largest absolute Gasteiger partial charge is 0.246 e. The van der Waals surface area contributed by atoms with Gasteiger partial charge in [-0.3, -0.25) is 0 Å². The minimum atomic E-state index is -1.90. The van der Waals surface area contributed by atoms with Crippen LogP contribution in [0.4, 0.5) is 0 Å². The van der Waals surface area contributed by atoms with E-state index in [2.05, 4.69) is 256 Å². The number of thiophene rings is 2. The van der Waals surface area contributed by atoms with E-state index in [-0.39, 0.29) is 21.7 Å². The summed E-state index contributed by atoms with van der Waals surface area (Å²) in [6.45, 7) is 56.3. The Labute approximate surface area is 467 Å². The monoisotopic (exact) mass is 1100 g/mol. The predicted molar refractivity (Wildman–Crippen MR) is 354 cm³/mol. The van der Waals surface area contributed by atoms with Crippen LogP contribution in [0.25, 0.3) is 84.0 Å². The topological polar surface area (TPSA) is 25.8 Å². The van der Waals surface area contributed by atoms with Crippen molar-refractivity contribution in [2.24, 2.45) is 0 Å². The molecular weight excluding hydrogens is 1020 g/mol. The zero-order chi connectivity index (χ0) is 56.0. The molecule has 0 aliphatic carbocycles. The Balaban J connectivity index is 1.79. The molecule has 0 saturated heterocycles. The van der Waals surface area contributed by atoms with Crippen LogP contribution in [0.2, 0.25) is 78.6 Å². The summed E-state index contributed by atoms with van der Waals surface area (Å²) >= 11 is 3.70. The maximum absolute atomic E-state index is 6.00. The van der Waals surface area contributed by atoms with Crippen molar-refractivity contribution in [1.29, 1.82) is 0 Å². The summed E-state index contributed by atoms with van der Waals surface area (Å²) in [6.07, 6.45) is 0. The normalized spacial score (nSPS) is 13.4. The molecule has 5 aromatic heterocycles. The summed E-state index contributed by atoms with van der Waals surface area (Å²) in [7, 11) is -7.61. The Morgan fingerprint density at radius 2 is 0.461 bits per heavy atom. The van der Waals surface area contributed by atoms with E-state index in [9.17, 15) is 0 Å². The number of hydrogen-bond acceptors (Lipinski definition) is 4. The molecule has 0 N–H and O–H groups in total. The van der Waals surface area contributed by atoms with Gasteiger partial charge >= 0.3 is 0 Å². The van der Waals surface area contributed by atoms with E-state index in [0.717, 1.165) is 84.7 Å². The van der Waals surface area contributed by atoms with Crippen LogP contribution in [0.3, 0.4) is 0 Å². The molecule has 0 amide bonds. The summed E-state index contributed by atoms with van der Waals surface area (Å²) in [5.41, 5.74) is 28.0. The first-order valence-corrected chi connectivity index (χ1v) is 43.0. The van der Waals surface area contributed by atoms with Crippen LogP contribution in [-0.4, -0.2) is 42.3 Å². The van der Waals surface area contributed by atoms with E-state index < -0.39 is 32.3 Å². The molecule has 0 spiro atoms. The van der Waals surface area contributed by atoms with E-state index in [0.29, 0.717) is 0 Å². The maximum Gasteiger partial charge on any atom is 0.129 e. The van der Waals surface area contributed by atoms with Crippen molar-refractivity contribution in [2.45, 2.75) is 183 Å². The van der Waals surface area contributed by atoms with Gasteiger partial charge in [-0.2, -0.15) is 0 Å². The van der Waals surface area contributed by atoms with Crippen LogP contribution in [0.15, 0.2) is 48.5 Å². The van der Waals surface area contributed by atoms with Crippen molar-refractivity contribution in [3.8, 4) is 45.9 Å². The fraction of sp³-hybridized carbons (Fsp3) is 0.412. The molecule has 390 valence electrons. The highest BCUT2D eigenvalue weighted by Crippen LogP contribution is 2.48. The first-order chi connectivity index (χ1) is 34.7. The van der Waals surface area contributed by atoms with Gasteiger partial charge in [-0.25, -0.2) is 9.97 Å². The zero-order valence-electron chi connectivity index (χ0n) is 50.3. The molecule has 0 aliphatic rings. The van der Waals surface area contributed by atoms with E-state index in [1.165, 1.54) is 43.8 Å². The minimum absolute atomic E-state index is 0.165. The van der Waals surface area contributed by atoms with Crippen LogP contribution in [0, 0.1) is 45.9 Å². The van der Waals surface area contributed by atoms with Crippen LogP contribution < -0.4 is 0 Å². The third-order valence-corrected chi connectivity index (χ3v) is 20.0. The van der Waals surface area contributed by atoms with Crippen LogP contribution in [0.1, 0.15) is 128 Å². The van der Waals surface area contributed by atoms with Gasteiger partial charge in [0, 0.05) is 43.1 Å². The molecule has 8 heteroatoms. The molecule has 0 saturated carbocycles. The number of nitrogens with zero attached hydrogens (tertiary/aromatic N) is 2. The summed E-state index contributed by atoms with van der Waals surface area (Å²) in [4.78, 5) is 12.0. The smallest absolute Gasteiger partial charge is 0.129 e. The molecule has 76 heavy (non-hydrogen) atoms. The molecule has 9 aromatic rings. The molecule has 0 unspecified atom stereocenters. The average Bonchev–Trinajstić information content (AvgIpc) is 4.02. The Morgan fingerprint density at radius 1 is 0.289 bits per heavy atom. The van der Waals surface area contributed by atoms with Crippen molar-refractivity contribution in [3.05, 3.63) is 93.0 Å². The van der Waals surface area contributed by atoms with E-state index in [1.54, 1.807) is 0 Å². The van der Waals surface area contributed by atoms with Gasteiger partial charge in [-0.05, 0) is 92.4 Å². The van der Waals surface area contributed by atoms with Gasteiger partial charge in [0.2, 0.25) is 0 Å². The number of benzene rings is 4. The first-order valence-electron chi connectivity index (χ1n) is 27.3. The number of fused-ring (bicyclic) bond motifs is 10. The highest BCUT2D eigenvalue weighted by atomic mass is 32.1. The van der Waals surface area contributed by atoms with Gasteiger partial charge in [-0.1, -0.05) is 185 Å². The van der Waals surface area contributed by atoms with Crippen LogP contribution in [-0.2, 0) is 21.7 Å². The van der Waals surface area contributed by atoms with Gasteiger partial charge in [0.25, 0.3) is 0 Å². The first kappa shape index (κ1) is 55.7. The van der Waals surface area contributed by atoms with E-state index >= 15 is 0 Å². The molecule has 0 aliphatic heterocycles. The van der Waals surface area contributed by atoms with Gasteiger partial charge in [-0.15, -0.1) is 44.8 Å². The average molecular weight is 1100 g/mol. The van der Waals surface area contributed by atoms with Crippen LogP contribution >= 0.6 is 22.7 Å². The van der Waals surface area contributed by atoms with E-state index in [4.69, 9.17) is 9.97 Å². The van der Waals surface area contributed by atoms with Crippen LogP contribution in [0.5, 0.6) is 0 Å². The summed E-state index contributed by atoms with van der Waals surface area (Å²) in [6, 6.07) is 19.6. The Kier molecular flexibility index (Phi) is 13.4. The standard InChI is InChI=1S/C68H80N2S2Si4/c1-65(2,3)41-33-49-50-34-42(66(4,5)6)38-54-58(50)69-57(49)53(37-41)61-45(25-29-73(13,14)15)46(26-30-74(16,17)18)62(71-61)55-39-43(67(7,8)9)35-51-52-36-44(68(10,11)12)40-56(60(52)70-59(51)55)64-48(28-32-76(22,23)24)47(63(54)72-64)27-31-75(19,20)21/h33-40H,1-24H3. The summed E-state index contributed by atoms with van der Waals surface area (Å²) < 4.78 is 4.53. The highest BCUT2D eigenvalue weighted by Gasteiger charge is 2.29. The van der Waals surface area contributed by atoms with Crippen molar-refractivity contribution in [3.63, 3.8) is 0 Å². The SMILES string of the molecule is CC(C)(C)c1cc2c3sc(c(C#C[Si](C)(C)C)c3C#C[Si](C)(C)C)c3cc(C(C)(C)C)cc4c5cc(C(C)(C)C)cc(c6sc(c(C#C[Si](C)(C)C)c6C#C[Si](C)(C)C)c6cc(C(C)(C)C)cc7c(c1)c2nc67)c5nc34. The molecule has 0 fully saturated rings. The fourth-order valence-corrected chi connectivity index (χ4v) is 14.1. The lowest BCUT2D eigenvalue weighted by Gasteiger charge is -2.20. The molecule has 0 radical (unpaired) electrons. The lowest BCUT2D eigenvalue weighted by atomic mass is 9.83. The Morgan fingerprint density at radius 3 is 0.618 bits per heavy atom. The lowest BCUT2D eigenvalue weighted by molar-refractivity contribution is 0.591. The lowest BCUT2D eigenvalue weighted by Crippen LogP contribution is -2.16. The van der Waals surface area contributed by atoms with Crippen molar-refractivity contribution >= 4 is 139 Å². The third kappa shape index (κ3) is 10.9. The second-order valence-corrected chi connectivity index (χ2v) is 51.0. The number of aromatic nitrogens is 2. The van der Waals surface area contributed by atoms with Gasteiger partial charge in [0.15, 0.2) is 0 Å². The second kappa shape index (κ2) is 18.3. The van der Waals surface area contributed by atoms with Crippen molar-refractivity contribution in [2.75, 3.05) is 0 Å². The molecule has 2 nitrogen and oxygen atoms in total. The van der Waals surface area contributed by atoms with Gasteiger partial charge in [0.1, 0.15) is 32.3 Å². The van der Waals surface area contributed by atoms with Crippen molar-refractivity contribution < 1.29 is 0 Å². The summed E-state index contributed by atoms with van der Waals surface area (Å²) in [5, 5.41) is 9.17. The second-order valence-electron chi connectivity index (χ2n) is 29.9. The predicted octanol–water partition coefficient (Wildman–Crippen LogP) is 19.9.